The van der Waals surface area contributed by atoms with Crippen LogP contribution in [0.25, 0.3) is 0 Å². The van der Waals surface area contributed by atoms with Crippen LogP contribution in [-0.4, -0.2) is 40.3 Å². The van der Waals surface area contributed by atoms with Gasteiger partial charge in [0.25, 0.3) is 11.8 Å². The molecule has 38 heavy (non-hydrogen) atoms. The predicted octanol–water partition coefficient (Wildman–Crippen LogP) is 4.72. The van der Waals surface area contributed by atoms with Gasteiger partial charge in [0.15, 0.2) is 11.5 Å². The lowest BCUT2D eigenvalue weighted by Crippen LogP contribution is -2.31. The van der Waals surface area contributed by atoms with Gasteiger partial charge in [0.1, 0.15) is 11.3 Å². The fourth-order valence-corrected chi connectivity index (χ4v) is 5.23. The number of fused-ring (bicyclic) bond motifs is 3. The Morgan fingerprint density at radius 1 is 1.11 bits per heavy atom. The average Bonchev–Trinajstić information content (AvgIpc) is 3.18. The van der Waals surface area contributed by atoms with E-state index < -0.39 is 11.8 Å². The van der Waals surface area contributed by atoms with E-state index in [2.05, 4.69) is 44.1 Å². The number of primary amides is 1. The number of ether oxygens (including phenoxy) is 2. The zero-order valence-electron chi connectivity index (χ0n) is 22.3. The second kappa shape index (κ2) is 9.28. The van der Waals surface area contributed by atoms with Crippen molar-refractivity contribution in [1.82, 2.24) is 4.98 Å². The number of nitrogens with two attached hydrogens (primary N) is 1. The Morgan fingerprint density at radius 2 is 1.89 bits per heavy atom. The smallest absolute Gasteiger partial charge is 0.274 e. The highest BCUT2D eigenvalue weighted by Crippen LogP contribution is 2.48. The molecule has 5 rings (SSSR count). The first-order valence-corrected chi connectivity index (χ1v) is 12.8. The summed E-state index contributed by atoms with van der Waals surface area (Å²) in [6, 6.07) is 12.3. The average molecular weight is 513 g/mol. The number of carbonyl (C=O) groups is 2. The van der Waals surface area contributed by atoms with Crippen LogP contribution >= 0.6 is 0 Å². The molecular formula is C30H32N4O4. The summed E-state index contributed by atoms with van der Waals surface area (Å²) in [6.07, 6.45) is 2.98. The number of rotatable bonds is 6. The lowest BCUT2D eigenvalue weighted by Gasteiger charge is -2.31. The maximum Gasteiger partial charge on any atom is 0.274 e. The van der Waals surface area contributed by atoms with Gasteiger partial charge < -0.3 is 20.5 Å². The highest BCUT2D eigenvalue weighted by molar-refractivity contribution is 6.18. The molecule has 2 aliphatic rings. The predicted molar refractivity (Wildman–Crippen MR) is 147 cm³/mol. The molecule has 2 aromatic carbocycles. The maximum absolute atomic E-state index is 12.9. The third-order valence-corrected chi connectivity index (χ3v) is 6.69. The summed E-state index contributed by atoms with van der Waals surface area (Å²) in [7, 11) is 0. The van der Waals surface area contributed by atoms with Crippen LogP contribution in [0.3, 0.4) is 0 Å². The van der Waals surface area contributed by atoms with Gasteiger partial charge in [-0.05, 0) is 76.9 Å². The van der Waals surface area contributed by atoms with Crippen LogP contribution in [0.2, 0.25) is 0 Å². The molecule has 1 aromatic heterocycles. The number of anilines is 1. The van der Waals surface area contributed by atoms with E-state index in [9.17, 15) is 9.59 Å². The first kappa shape index (κ1) is 25.4. The molecule has 8 nitrogen and oxygen atoms in total. The van der Waals surface area contributed by atoms with Crippen molar-refractivity contribution in [3.05, 3.63) is 82.2 Å². The lowest BCUT2D eigenvalue weighted by molar-refractivity contribution is 0.100. The largest absolute Gasteiger partial charge is 0.490 e. The quantitative estimate of drug-likeness (QED) is 0.496. The van der Waals surface area contributed by atoms with E-state index in [0.717, 1.165) is 45.9 Å². The van der Waals surface area contributed by atoms with E-state index in [4.69, 9.17) is 20.2 Å². The Morgan fingerprint density at radius 3 is 2.58 bits per heavy atom. The zero-order chi connectivity index (χ0) is 27.2. The van der Waals surface area contributed by atoms with Crippen molar-refractivity contribution in [3.8, 4) is 11.5 Å². The number of benzene rings is 2. The normalized spacial score (nSPS) is 16.5. The summed E-state index contributed by atoms with van der Waals surface area (Å²) in [5.74, 6) is 0.419. The minimum absolute atomic E-state index is 0.204. The highest BCUT2D eigenvalue weighted by Gasteiger charge is 2.40. The summed E-state index contributed by atoms with van der Waals surface area (Å²) in [5.41, 5.74) is 10.4. The van der Waals surface area contributed by atoms with Crippen LogP contribution in [0, 0.1) is 0 Å². The SMILES string of the molecule is CCOc1cc2c(c3c1OC(C)(C)C3)C(c1ccc(C(N)=O)c(NC(=O)c3ccccn3)c1)=NC(C)(C)C2. The fourth-order valence-electron chi connectivity index (χ4n) is 5.23. The van der Waals surface area contributed by atoms with Crippen molar-refractivity contribution in [2.75, 3.05) is 11.9 Å². The van der Waals surface area contributed by atoms with Gasteiger partial charge in [0.2, 0.25) is 0 Å². The third kappa shape index (κ3) is 4.74. The van der Waals surface area contributed by atoms with Crippen LogP contribution in [0.1, 0.15) is 77.7 Å². The minimum atomic E-state index is -0.642. The molecule has 196 valence electrons. The zero-order valence-corrected chi connectivity index (χ0v) is 22.3. The Balaban J connectivity index is 1.66. The van der Waals surface area contributed by atoms with E-state index in [1.807, 2.05) is 13.0 Å². The highest BCUT2D eigenvalue weighted by atomic mass is 16.5. The summed E-state index contributed by atoms with van der Waals surface area (Å²) < 4.78 is 12.3. The topological polar surface area (TPSA) is 116 Å². The van der Waals surface area contributed by atoms with Crippen LogP contribution < -0.4 is 20.5 Å². The summed E-state index contributed by atoms with van der Waals surface area (Å²) in [4.78, 5) is 34.4. The number of pyridine rings is 1. The van der Waals surface area contributed by atoms with E-state index in [0.29, 0.717) is 18.7 Å². The standard InChI is InChI=1S/C30H32N4O4/c1-6-37-23-14-18-15-29(2,3)34-25(24(18)20-16-30(4,5)38-26(20)23)17-10-11-19(27(31)35)22(13-17)33-28(36)21-9-7-8-12-32-21/h7-14H,6,15-16H2,1-5H3,(H2,31,35)(H,33,36). The first-order valence-electron chi connectivity index (χ1n) is 12.8. The molecule has 0 saturated heterocycles. The molecule has 0 spiro atoms. The number of aliphatic imine (C=N–C) groups is 1. The van der Waals surface area contributed by atoms with E-state index >= 15 is 0 Å². The fraction of sp³-hybridized carbons (Fsp3) is 0.333. The van der Waals surface area contributed by atoms with Gasteiger partial charge in [-0.3, -0.25) is 19.6 Å². The number of hydrogen-bond acceptors (Lipinski definition) is 6. The molecule has 0 fully saturated rings. The number of amides is 2. The van der Waals surface area contributed by atoms with Crippen LogP contribution in [0.4, 0.5) is 5.69 Å². The monoisotopic (exact) mass is 512 g/mol. The van der Waals surface area contributed by atoms with Gasteiger partial charge in [-0.2, -0.15) is 0 Å². The molecule has 0 atom stereocenters. The van der Waals surface area contributed by atoms with E-state index in [-0.39, 0.29) is 22.4 Å². The second-order valence-electron chi connectivity index (χ2n) is 10.9. The van der Waals surface area contributed by atoms with Crippen molar-refractivity contribution < 1.29 is 19.1 Å². The summed E-state index contributed by atoms with van der Waals surface area (Å²) >= 11 is 0. The molecule has 0 radical (unpaired) electrons. The first-order chi connectivity index (χ1) is 18.0. The van der Waals surface area contributed by atoms with Crippen molar-refractivity contribution in [3.63, 3.8) is 0 Å². The van der Waals surface area contributed by atoms with E-state index in [1.54, 1.807) is 30.3 Å². The summed E-state index contributed by atoms with van der Waals surface area (Å²) in [6.45, 7) is 10.8. The molecule has 0 unspecified atom stereocenters. The molecule has 3 aromatic rings. The number of hydrogen-bond donors (Lipinski definition) is 2. The molecular weight excluding hydrogens is 480 g/mol. The van der Waals surface area contributed by atoms with Gasteiger partial charge in [0, 0.05) is 29.3 Å². The van der Waals surface area contributed by atoms with Crippen LogP contribution in [0.15, 0.2) is 53.7 Å². The number of nitrogens with zero attached hydrogens (tertiary/aromatic N) is 2. The Labute approximate surface area is 222 Å². The minimum Gasteiger partial charge on any atom is -0.490 e. The lowest BCUT2D eigenvalue weighted by atomic mass is 9.80. The molecule has 0 bridgehead atoms. The second-order valence-corrected chi connectivity index (χ2v) is 10.9. The Hall–Kier alpha value is -4.20. The van der Waals surface area contributed by atoms with Gasteiger partial charge >= 0.3 is 0 Å². The van der Waals surface area contributed by atoms with Gasteiger partial charge in [-0.15, -0.1) is 0 Å². The molecule has 2 aliphatic heterocycles. The molecule has 2 amide bonds. The maximum atomic E-state index is 12.9. The molecule has 0 saturated carbocycles. The summed E-state index contributed by atoms with van der Waals surface area (Å²) in [5, 5.41) is 2.82. The van der Waals surface area contributed by atoms with E-state index in [1.165, 1.54) is 6.20 Å². The van der Waals surface area contributed by atoms with Gasteiger partial charge in [-0.25, -0.2) is 0 Å². The van der Waals surface area contributed by atoms with Crippen molar-refractivity contribution in [2.45, 2.75) is 58.6 Å². The van der Waals surface area contributed by atoms with Crippen molar-refractivity contribution >= 4 is 23.2 Å². The molecule has 0 aliphatic carbocycles. The van der Waals surface area contributed by atoms with Gasteiger partial charge in [0.05, 0.1) is 29.1 Å². The Bertz CT molecular complexity index is 1480. The molecule has 8 heteroatoms. The van der Waals surface area contributed by atoms with Crippen LogP contribution in [0.5, 0.6) is 11.5 Å². The Kier molecular flexibility index (Phi) is 6.21. The molecule has 3 N–H and O–H groups in total. The number of nitrogens with one attached hydrogen (secondary N) is 1. The van der Waals surface area contributed by atoms with Crippen molar-refractivity contribution in [2.24, 2.45) is 10.7 Å². The molecule has 3 heterocycles. The van der Waals surface area contributed by atoms with Crippen LogP contribution in [-0.2, 0) is 12.8 Å². The number of carbonyl (C=O) groups excluding carboxylic acids is 2. The third-order valence-electron chi connectivity index (χ3n) is 6.69. The van der Waals surface area contributed by atoms with Crippen molar-refractivity contribution in [1.29, 1.82) is 0 Å². The van der Waals surface area contributed by atoms with Gasteiger partial charge in [-0.1, -0.05) is 12.1 Å². The number of aromatic nitrogens is 1.